The molecular weight excluding hydrogens is 186 g/mol. The van der Waals surface area contributed by atoms with Crippen LogP contribution in [0.25, 0.3) is 0 Å². The van der Waals surface area contributed by atoms with Gasteiger partial charge in [-0.25, -0.2) is 5.90 Å². The summed E-state index contributed by atoms with van der Waals surface area (Å²) in [7, 11) is 0. The van der Waals surface area contributed by atoms with Crippen molar-refractivity contribution in [3.05, 3.63) is 34.9 Å². The lowest BCUT2D eigenvalue weighted by atomic mass is 9.84. The summed E-state index contributed by atoms with van der Waals surface area (Å²) in [4.78, 5) is 4.75. The third kappa shape index (κ3) is 2.21. The molecule has 0 heterocycles. The summed E-state index contributed by atoms with van der Waals surface area (Å²) in [5.41, 5.74) is 4.51. The Bertz CT molecular complexity index is 335. The molecule has 0 aliphatic heterocycles. The first-order valence-electron chi connectivity index (χ1n) is 5.75. The van der Waals surface area contributed by atoms with E-state index in [2.05, 4.69) is 25.1 Å². The number of fused-ring (bicyclic) bond motifs is 1. The van der Waals surface area contributed by atoms with Crippen molar-refractivity contribution in [3.8, 4) is 0 Å². The van der Waals surface area contributed by atoms with Crippen molar-refractivity contribution >= 4 is 0 Å². The van der Waals surface area contributed by atoms with Gasteiger partial charge in [-0.3, -0.25) is 0 Å². The zero-order valence-corrected chi connectivity index (χ0v) is 9.33. The van der Waals surface area contributed by atoms with Crippen LogP contribution in [-0.4, -0.2) is 6.61 Å². The molecule has 1 aromatic carbocycles. The van der Waals surface area contributed by atoms with Gasteiger partial charge >= 0.3 is 0 Å². The molecule has 1 atom stereocenters. The summed E-state index contributed by atoms with van der Waals surface area (Å²) in [6.07, 6.45) is 5.11. The lowest BCUT2D eigenvalue weighted by Gasteiger charge is -2.22. The van der Waals surface area contributed by atoms with E-state index in [1.54, 1.807) is 5.56 Å². The van der Waals surface area contributed by atoms with E-state index in [9.17, 15) is 0 Å². The number of aryl methyl sites for hydroxylation is 1. The first-order chi connectivity index (χ1) is 7.33. The average Bonchev–Trinajstić information content (AvgIpc) is 2.28. The minimum absolute atomic E-state index is 0.406. The van der Waals surface area contributed by atoms with Gasteiger partial charge < -0.3 is 4.84 Å². The number of rotatable bonds is 3. The summed E-state index contributed by atoms with van der Waals surface area (Å²) >= 11 is 0. The second kappa shape index (κ2) is 4.77. The summed E-state index contributed by atoms with van der Waals surface area (Å²) < 4.78 is 0. The third-order valence-electron chi connectivity index (χ3n) is 3.31. The molecule has 2 N–H and O–H groups in total. The van der Waals surface area contributed by atoms with Crippen LogP contribution in [0.4, 0.5) is 0 Å². The van der Waals surface area contributed by atoms with Crippen molar-refractivity contribution in [2.45, 2.75) is 38.5 Å². The molecule has 0 radical (unpaired) electrons. The van der Waals surface area contributed by atoms with Gasteiger partial charge in [0.05, 0.1) is 6.61 Å². The number of nitrogens with two attached hydrogens (primary N) is 1. The lowest BCUT2D eigenvalue weighted by molar-refractivity contribution is 0.126. The van der Waals surface area contributed by atoms with Gasteiger partial charge in [-0.15, -0.1) is 0 Å². The van der Waals surface area contributed by atoms with Gasteiger partial charge in [0.25, 0.3) is 0 Å². The van der Waals surface area contributed by atoms with E-state index in [0.717, 1.165) is 0 Å². The predicted molar refractivity (Wildman–Crippen MR) is 61.6 cm³/mol. The fourth-order valence-corrected chi connectivity index (χ4v) is 2.51. The maximum absolute atomic E-state index is 5.14. The maximum atomic E-state index is 5.14. The van der Waals surface area contributed by atoms with E-state index in [0.29, 0.717) is 12.5 Å². The molecule has 0 fully saturated rings. The van der Waals surface area contributed by atoms with Crippen molar-refractivity contribution in [1.29, 1.82) is 0 Å². The van der Waals surface area contributed by atoms with Crippen molar-refractivity contribution < 1.29 is 4.84 Å². The summed E-state index contributed by atoms with van der Waals surface area (Å²) in [5.74, 6) is 5.55. The second-order valence-electron chi connectivity index (χ2n) is 4.43. The van der Waals surface area contributed by atoms with Crippen LogP contribution >= 0.6 is 0 Å². The smallest absolute Gasteiger partial charge is 0.0745 e. The standard InChI is InChI=1S/C13H19NO/c1-10(9-15-14)12-8-4-6-11-5-2-3-7-13(11)12/h4,6,8,10H,2-3,5,7,9,14H2,1H3. The van der Waals surface area contributed by atoms with Gasteiger partial charge in [0, 0.05) is 5.92 Å². The van der Waals surface area contributed by atoms with Crippen LogP contribution in [0.2, 0.25) is 0 Å². The highest BCUT2D eigenvalue weighted by Gasteiger charge is 2.16. The quantitative estimate of drug-likeness (QED) is 0.770. The van der Waals surface area contributed by atoms with E-state index in [-0.39, 0.29) is 0 Å². The minimum atomic E-state index is 0.406. The Balaban J connectivity index is 2.30. The molecule has 0 aromatic heterocycles. The van der Waals surface area contributed by atoms with Crippen LogP contribution in [0.1, 0.15) is 42.4 Å². The van der Waals surface area contributed by atoms with Gasteiger partial charge in [-0.1, -0.05) is 25.1 Å². The van der Waals surface area contributed by atoms with E-state index in [4.69, 9.17) is 10.7 Å². The summed E-state index contributed by atoms with van der Waals surface area (Å²) in [6.45, 7) is 2.79. The molecule has 1 unspecified atom stereocenters. The maximum Gasteiger partial charge on any atom is 0.0745 e. The molecule has 0 saturated heterocycles. The monoisotopic (exact) mass is 205 g/mol. The molecule has 0 saturated carbocycles. The largest absolute Gasteiger partial charge is 0.304 e. The highest BCUT2D eigenvalue weighted by molar-refractivity contribution is 5.38. The lowest BCUT2D eigenvalue weighted by Crippen LogP contribution is -2.13. The molecule has 2 nitrogen and oxygen atoms in total. The molecule has 1 aliphatic carbocycles. The highest BCUT2D eigenvalue weighted by Crippen LogP contribution is 2.29. The van der Waals surface area contributed by atoms with Gasteiger partial charge in [-0.05, 0) is 42.4 Å². The number of hydrogen-bond donors (Lipinski definition) is 1. The summed E-state index contributed by atoms with van der Waals surface area (Å²) in [6, 6.07) is 6.63. The van der Waals surface area contributed by atoms with Crippen LogP contribution in [0.15, 0.2) is 18.2 Å². The first-order valence-corrected chi connectivity index (χ1v) is 5.75. The van der Waals surface area contributed by atoms with Crippen molar-refractivity contribution in [1.82, 2.24) is 0 Å². The molecule has 0 bridgehead atoms. The minimum Gasteiger partial charge on any atom is -0.304 e. The first kappa shape index (κ1) is 10.7. The Hall–Kier alpha value is -0.860. The Morgan fingerprint density at radius 3 is 2.93 bits per heavy atom. The zero-order chi connectivity index (χ0) is 10.7. The Morgan fingerprint density at radius 2 is 2.13 bits per heavy atom. The van der Waals surface area contributed by atoms with Crippen LogP contribution in [-0.2, 0) is 17.7 Å². The van der Waals surface area contributed by atoms with Gasteiger partial charge in [0.1, 0.15) is 0 Å². The zero-order valence-electron chi connectivity index (χ0n) is 9.33. The summed E-state index contributed by atoms with van der Waals surface area (Å²) in [5, 5.41) is 0. The van der Waals surface area contributed by atoms with E-state index >= 15 is 0 Å². The Kier molecular flexibility index (Phi) is 3.39. The van der Waals surface area contributed by atoms with Gasteiger partial charge in [-0.2, -0.15) is 0 Å². The van der Waals surface area contributed by atoms with Gasteiger partial charge in [0.2, 0.25) is 0 Å². The van der Waals surface area contributed by atoms with E-state index in [1.807, 2.05) is 0 Å². The molecule has 82 valence electrons. The van der Waals surface area contributed by atoms with Crippen LogP contribution in [0.5, 0.6) is 0 Å². The third-order valence-corrected chi connectivity index (χ3v) is 3.31. The molecular formula is C13H19NO. The van der Waals surface area contributed by atoms with Crippen molar-refractivity contribution in [3.63, 3.8) is 0 Å². The fraction of sp³-hybridized carbons (Fsp3) is 0.538. The van der Waals surface area contributed by atoms with E-state index < -0.39 is 0 Å². The van der Waals surface area contributed by atoms with Crippen LogP contribution in [0.3, 0.4) is 0 Å². The van der Waals surface area contributed by atoms with Crippen LogP contribution in [0, 0.1) is 0 Å². The number of hydrogen-bond acceptors (Lipinski definition) is 2. The molecule has 2 rings (SSSR count). The van der Waals surface area contributed by atoms with E-state index in [1.165, 1.54) is 36.8 Å². The Morgan fingerprint density at radius 1 is 1.33 bits per heavy atom. The number of benzene rings is 1. The molecule has 2 heteroatoms. The highest BCUT2D eigenvalue weighted by atomic mass is 16.6. The molecule has 1 aromatic rings. The topological polar surface area (TPSA) is 35.2 Å². The van der Waals surface area contributed by atoms with Gasteiger partial charge in [0.15, 0.2) is 0 Å². The second-order valence-corrected chi connectivity index (χ2v) is 4.43. The van der Waals surface area contributed by atoms with Crippen LogP contribution < -0.4 is 5.90 Å². The normalized spacial score (nSPS) is 17.2. The van der Waals surface area contributed by atoms with Crippen molar-refractivity contribution in [2.75, 3.05) is 6.61 Å². The molecule has 15 heavy (non-hydrogen) atoms. The fourth-order valence-electron chi connectivity index (χ4n) is 2.51. The Labute approximate surface area is 91.4 Å². The molecule has 0 amide bonds. The molecule has 0 spiro atoms. The van der Waals surface area contributed by atoms with Crippen molar-refractivity contribution in [2.24, 2.45) is 5.90 Å². The SMILES string of the molecule is CC(CON)c1cccc2c1CCCC2. The average molecular weight is 205 g/mol. The predicted octanol–water partition coefficient (Wildman–Crippen LogP) is 2.56. The molecule has 1 aliphatic rings.